The maximum Gasteiger partial charge on any atom is 0.269 e. The van der Waals surface area contributed by atoms with Crippen molar-refractivity contribution in [3.63, 3.8) is 0 Å². The highest BCUT2D eigenvalue weighted by atomic mass is 16.6. The number of aromatic nitrogens is 3. The van der Waals surface area contributed by atoms with E-state index in [1.54, 1.807) is 24.5 Å². The lowest BCUT2D eigenvalue weighted by atomic mass is 10.3. The second-order valence-corrected chi connectivity index (χ2v) is 3.22. The fourth-order valence-electron chi connectivity index (χ4n) is 1.27. The molecule has 0 atom stereocenters. The SMILES string of the molecule is O=[N+]([O-])c1ccc(OCCn2nccn2)cc1. The summed E-state index contributed by atoms with van der Waals surface area (Å²) in [5.41, 5.74) is 0.0473. The number of rotatable bonds is 5. The third-order valence-corrected chi connectivity index (χ3v) is 2.07. The van der Waals surface area contributed by atoms with Crippen LogP contribution in [0.2, 0.25) is 0 Å². The van der Waals surface area contributed by atoms with E-state index in [2.05, 4.69) is 10.2 Å². The van der Waals surface area contributed by atoms with E-state index in [-0.39, 0.29) is 5.69 Å². The van der Waals surface area contributed by atoms with Gasteiger partial charge in [0.15, 0.2) is 0 Å². The summed E-state index contributed by atoms with van der Waals surface area (Å²) >= 11 is 0. The average molecular weight is 234 g/mol. The highest BCUT2D eigenvalue weighted by Gasteiger charge is 2.04. The van der Waals surface area contributed by atoms with E-state index in [0.717, 1.165) is 0 Å². The molecule has 7 nitrogen and oxygen atoms in total. The van der Waals surface area contributed by atoms with Gasteiger partial charge < -0.3 is 4.74 Å². The molecule has 0 aliphatic heterocycles. The van der Waals surface area contributed by atoms with Gasteiger partial charge in [0.2, 0.25) is 0 Å². The Hall–Kier alpha value is -2.44. The first-order chi connectivity index (χ1) is 8.25. The summed E-state index contributed by atoms with van der Waals surface area (Å²) in [5.74, 6) is 0.586. The third kappa shape index (κ3) is 3.00. The molecule has 0 aliphatic carbocycles. The molecule has 0 aliphatic rings. The second kappa shape index (κ2) is 5.06. The van der Waals surface area contributed by atoms with Crippen LogP contribution >= 0.6 is 0 Å². The molecule has 2 aromatic rings. The molecule has 88 valence electrons. The Labute approximate surface area is 96.8 Å². The van der Waals surface area contributed by atoms with Crippen molar-refractivity contribution in [1.29, 1.82) is 0 Å². The number of nitro groups is 1. The lowest BCUT2D eigenvalue weighted by Crippen LogP contribution is -2.10. The molecule has 0 saturated carbocycles. The van der Waals surface area contributed by atoms with E-state index in [1.807, 2.05) is 0 Å². The third-order valence-electron chi connectivity index (χ3n) is 2.07. The van der Waals surface area contributed by atoms with Gasteiger partial charge >= 0.3 is 0 Å². The molecular formula is C10H10N4O3. The minimum Gasteiger partial charge on any atom is -0.492 e. The molecule has 0 spiro atoms. The van der Waals surface area contributed by atoms with Gasteiger partial charge in [-0.3, -0.25) is 10.1 Å². The Morgan fingerprint density at radius 3 is 2.47 bits per heavy atom. The van der Waals surface area contributed by atoms with E-state index in [4.69, 9.17) is 4.74 Å². The summed E-state index contributed by atoms with van der Waals surface area (Å²) in [4.78, 5) is 11.5. The summed E-state index contributed by atoms with van der Waals surface area (Å²) in [6.07, 6.45) is 3.18. The van der Waals surface area contributed by atoms with Crippen LogP contribution in [0.3, 0.4) is 0 Å². The molecule has 0 N–H and O–H groups in total. The van der Waals surface area contributed by atoms with Crippen molar-refractivity contribution in [2.45, 2.75) is 6.54 Å². The predicted molar refractivity (Wildman–Crippen MR) is 58.6 cm³/mol. The van der Waals surface area contributed by atoms with Crippen molar-refractivity contribution in [3.8, 4) is 5.75 Å². The number of hydrogen-bond donors (Lipinski definition) is 0. The summed E-state index contributed by atoms with van der Waals surface area (Å²) in [5, 5.41) is 18.3. The molecule has 0 bridgehead atoms. The second-order valence-electron chi connectivity index (χ2n) is 3.22. The van der Waals surface area contributed by atoms with Gasteiger partial charge in [-0.05, 0) is 12.1 Å². The molecule has 1 aromatic heterocycles. The minimum absolute atomic E-state index is 0.0473. The largest absolute Gasteiger partial charge is 0.492 e. The number of hydrogen-bond acceptors (Lipinski definition) is 5. The normalized spacial score (nSPS) is 10.1. The summed E-state index contributed by atoms with van der Waals surface area (Å²) in [6.45, 7) is 0.941. The molecule has 0 fully saturated rings. The molecule has 17 heavy (non-hydrogen) atoms. The van der Waals surface area contributed by atoms with Gasteiger partial charge in [-0.25, -0.2) is 0 Å². The van der Waals surface area contributed by atoms with Gasteiger partial charge in [-0.1, -0.05) is 0 Å². The molecule has 7 heteroatoms. The molecule has 1 aromatic carbocycles. The average Bonchev–Trinajstić information content (AvgIpc) is 2.83. The Kier molecular flexibility index (Phi) is 3.29. The van der Waals surface area contributed by atoms with Crippen LogP contribution in [-0.4, -0.2) is 26.5 Å². The first-order valence-electron chi connectivity index (χ1n) is 4.97. The number of non-ortho nitro benzene ring substituents is 1. The molecule has 1 heterocycles. The Balaban J connectivity index is 1.85. The van der Waals surface area contributed by atoms with Crippen LogP contribution in [0.25, 0.3) is 0 Å². The topological polar surface area (TPSA) is 83.1 Å². The standard InChI is InChI=1S/C10H10N4O3/c15-14(16)9-1-3-10(4-2-9)17-8-7-13-11-5-6-12-13/h1-6H,7-8H2. The quantitative estimate of drug-likeness (QED) is 0.574. The molecule has 2 rings (SSSR count). The van der Waals surface area contributed by atoms with E-state index >= 15 is 0 Å². The zero-order valence-electron chi connectivity index (χ0n) is 8.89. The van der Waals surface area contributed by atoms with Gasteiger partial charge in [-0.2, -0.15) is 15.0 Å². The van der Waals surface area contributed by atoms with Crippen LogP contribution in [0.15, 0.2) is 36.7 Å². The van der Waals surface area contributed by atoms with E-state index in [9.17, 15) is 10.1 Å². The van der Waals surface area contributed by atoms with E-state index < -0.39 is 4.92 Å². The first kappa shape index (κ1) is 11.1. The first-order valence-corrected chi connectivity index (χ1v) is 4.97. The zero-order chi connectivity index (χ0) is 12.1. The van der Waals surface area contributed by atoms with Gasteiger partial charge in [-0.15, -0.1) is 0 Å². The lowest BCUT2D eigenvalue weighted by molar-refractivity contribution is -0.384. The van der Waals surface area contributed by atoms with Crippen LogP contribution in [0, 0.1) is 10.1 Å². The number of nitro benzene ring substituents is 1. The molecule has 0 saturated heterocycles. The predicted octanol–water partition coefficient (Wildman–Crippen LogP) is 1.27. The van der Waals surface area contributed by atoms with Crippen molar-refractivity contribution in [2.75, 3.05) is 6.61 Å². The minimum atomic E-state index is -0.447. The highest BCUT2D eigenvalue weighted by Crippen LogP contribution is 2.17. The van der Waals surface area contributed by atoms with Gasteiger partial charge in [0.05, 0.1) is 23.9 Å². The molecular weight excluding hydrogens is 224 g/mol. The van der Waals surface area contributed by atoms with E-state index in [0.29, 0.717) is 18.9 Å². The van der Waals surface area contributed by atoms with Crippen LogP contribution in [0.5, 0.6) is 5.75 Å². The van der Waals surface area contributed by atoms with Gasteiger partial charge in [0, 0.05) is 12.1 Å². The fourth-order valence-corrected chi connectivity index (χ4v) is 1.27. The van der Waals surface area contributed by atoms with Crippen LogP contribution in [0.4, 0.5) is 5.69 Å². The van der Waals surface area contributed by atoms with Crippen molar-refractivity contribution >= 4 is 5.69 Å². The van der Waals surface area contributed by atoms with Gasteiger partial charge in [0.1, 0.15) is 12.4 Å². The summed E-state index contributed by atoms with van der Waals surface area (Å²) in [7, 11) is 0. The van der Waals surface area contributed by atoms with Crippen LogP contribution in [0.1, 0.15) is 0 Å². The zero-order valence-corrected chi connectivity index (χ0v) is 8.89. The monoisotopic (exact) mass is 234 g/mol. The van der Waals surface area contributed by atoms with Crippen molar-refractivity contribution in [1.82, 2.24) is 15.0 Å². The smallest absolute Gasteiger partial charge is 0.269 e. The number of ether oxygens (including phenoxy) is 1. The summed E-state index contributed by atoms with van der Waals surface area (Å²) < 4.78 is 5.39. The highest BCUT2D eigenvalue weighted by molar-refractivity contribution is 5.35. The Bertz CT molecular complexity index is 481. The number of benzene rings is 1. The van der Waals surface area contributed by atoms with Gasteiger partial charge in [0.25, 0.3) is 5.69 Å². The van der Waals surface area contributed by atoms with Crippen molar-refractivity contribution in [3.05, 3.63) is 46.8 Å². The van der Waals surface area contributed by atoms with Crippen LogP contribution < -0.4 is 4.74 Å². The van der Waals surface area contributed by atoms with Crippen LogP contribution in [-0.2, 0) is 6.54 Å². The number of nitrogens with zero attached hydrogens (tertiary/aromatic N) is 4. The molecule has 0 amide bonds. The molecule has 0 unspecified atom stereocenters. The Morgan fingerprint density at radius 1 is 1.24 bits per heavy atom. The van der Waals surface area contributed by atoms with E-state index in [1.165, 1.54) is 16.9 Å². The Morgan fingerprint density at radius 2 is 1.88 bits per heavy atom. The molecule has 0 radical (unpaired) electrons. The van der Waals surface area contributed by atoms with Crippen molar-refractivity contribution in [2.24, 2.45) is 0 Å². The van der Waals surface area contributed by atoms with Crippen molar-refractivity contribution < 1.29 is 9.66 Å². The maximum absolute atomic E-state index is 10.4. The maximum atomic E-state index is 10.4. The fraction of sp³-hybridized carbons (Fsp3) is 0.200. The lowest BCUT2D eigenvalue weighted by Gasteiger charge is -2.04. The summed E-state index contributed by atoms with van der Waals surface area (Å²) in [6, 6.07) is 5.94.